The maximum absolute atomic E-state index is 10.1. The van der Waals surface area contributed by atoms with E-state index in [1.807, 2.05) is 0 Å². The van der Waals surface area contributed by atoms with E-state index in [2.05, 4.69) is 15.0 Å². The Bertz CT molecular complexity index is 507. The Labute approximate surface area is 115 Å². The second-order valence-corrected chi connectivity index (χ2v) is 5.12. The van der Waals surface area contributed by atoms with E-state index in [1.165, 1.54) is 11.2 Å². The van der Waals surface area contributed by atoms with Crippen LogP contribution in [0.5, 0.6) is 0 Å². The minimum Gasteiger partial charge on any atom is -0.394 e. The van der Waals surface area contributed by atoms with Gasteiger partial charge in [0.05, 0.1) is 12.9 Å². The van der Waals surface area contributed by atoms with Crippen LogP contribution in [0.1, 0.15) is 6.92 Å². The topological polar surface area (TPSA) is 136 Å². The smallest absolute Gasteiger partial charge is 0.173 e. The number of fused-ring (bicyclic) bond motifs is 1. The summed E-state index contributed by atoms with van der Waals surface area (Å²) in [7, 11) is 0. The highest BCUT2D eigenvalue weighted by Gasteiger charge is 2.52. The van der Waals surface area contributed by atoms with Crippen LogP contribution in [0, 0.1) is 0 Å². The van der Waals surface area contributed by atoms with Crippen molar-refractivity contribution in [3.63, 3.8) is 0 Å². The van der Waals surface area contributed by atoms with Crippen molar-refractivity contribution in [2.24, 2.45) is 20.7 Å². The molecule has 0 amide bonds. The first kappa shape index (κ1) is 13.4. The fourth-order valence-corrected chi connectivity index (χ4v) is 2.59. The average molecular weight is 283 g/mol. The van der Waals surface area contributed by atoms with Gasteiger partial charge in [0.15, 0.2) is 11.8 Å². The second-order valence-electron chi connectivity index (χ2n) is 5.12. The number of aliphatic hydroxyl groups is 3. The Balaban J connectivity index is 1.87. The van der Waals surface area contributed by atoms with Gasteiger partial charge in [-0.1, -0.05) is 0 Å². The molecular formula is C11H17N5O4. The van der Waals surface area contributed by atoms with E-state index in [9.17, 15) is 10.2 Å². The SMILES string of the molecule is CC12N=CN([C@@H]3O[C@H](CO)[C@@H](O)[C@H]3O)C1=NCN=C2N. The van der Waals surface area contributed by atoms with Gasteiger partial charge in [-0.25, -0.2) is 9.98 Å². The van der Waals surface area contributed by atoms with E-state index in [0.717, 1.165) is 0 Å². The fourth-order valence-electron chi connectivity index (χ4n) is 2.59. The summed E-state index contributed by atoms with van der Waals surface area (Å²) in [6.07, 6.45) is -2.58. The molecule has 5 N–H and O–H groups in total. The summed E-state index contributed by atoms with van der Waals surface area (Å²) in [4.78, 5) is 14.1. The molecule has 20 heavy (non-hydrogen) atoms. The molecule has 110 valence electrons. The molecule has 0 spiro atoms. The van der Waals surface area contributed by atoms with Crippen molar-refractivity contribution in [2.45, 2.75) is 37.0 Å². The third kappa shape index (κ3) is 1.67. The molecule has 9 heteroatoms. The van der Waals surface area contributed by atoms with E-state index in [0.29, 0.717) is 11.7 Å². The number of nitrogens with two attached hydrogens (primary N) is 1. The Morgan fingerprint density at radius 1 is 1.45 bits per heavy atom. The van der Waals surface area contributed by atoms with Gasteiger partial charge in [-0.2, -0.15) is 0 Å². The maximum atomic E-state index is 10.1. The quantitative estimate of drug-likeness (QED) is 0.434. The fraction of sp³-hybridized carbons (Fsp3) is 0.727. The van der Waals surface area contributed by atoms with Crippen molar-refractivity contribution >= 4 is 18.0 Å². The number of rotatable bonds is 2. The lowest BCUT2D eigenvalue weighted by molar-refractivity contribution is -0.0512. The zero-order valence-corrected chi connectivity index (χ0v) is 10.9. The molecule has 0 aromatic heterocycles. The molecule has 0 aromatic rings. The Morgan fingerprint density at radius 3 is 2.85 bits per heavy atom. The molecular weight excluding hydrogens is 266 g/mol. The molecule has 3 aliphatic rings. The lowest BCUT2D eigenvalue weighted by atomic mass is 9.99. The van der Waals surface area contributed by atoms with Crippen LogP contribution in [-0.2, 0) is 4.74 Å². The van der Waals surface area contributed by atoms with Gasteiger partial charge in [-0.15, -0.1) is 0 Å². The molecule has 3 heterocycles. The molecule has 9 nitrogen and oxygen atoms in total. The predicted molar refractivity (Wildman–Crippen MR) is 70.4 cm³/mol. The number of aliphatic imine (C=N–C) groups is 3. The highest BCUT2D eigenvalue weighted by atomic mass is 16.6. The van der Waals surface area contributed by atoms with Crippen molar-refractivity contribution in [2.75, 3.05) is 13.3 Å². The van der Waals surface area contributed by atoms with Gasteiger partial charge >= 0.3 is 0 Å². The van der Waals surface area contributed by atoms with Crippen LogP contribution in [0.15, 0.2) is 15.0 Å². The molecule has 0 saturated carbocycles. The van der Waals surface area contributed by atoms with E-state index < -0.39 is 30.1 Å². The molecule has 0 bridgehead atoms. The highest BCUT2D eigenvalue weighted by molar-refractivity contribution is 6.20. The van der Waals surface area contributed by atoms with Crippen LogP contribution >= 0.6 is 0 Å². The van der Waals surface area contributed by atoms with E-state index in [1.54, 1.807) is 6.92 Å². The standard InChI is InChI=1S/C11H17N5O4/c1-11-9(12)13-3-14-10(11)16(4-15-11)8-7(19)6(18)5(2-17)20-8/h4-8,17-19H,2-3H2,1H3,(H2,12,13)/t5-,6-,7-,8-,11?/m1/s1. The van der Waals surface area contributed by atoms with Gasteiger partial charge in [-0.05, 0) is 6.92 Å². The zero-order valence-electron chi connectivity index (χ0n) is 10.9. The van der Waals surface area contributed by atoms with Gasteiger partial charge in [0.2, 0.25) is 0 Å². The normalized spacial score (nSPS) is 43.5. The van der Waals surface area contributed by atoms with Crippen LogP contribution in [0.4, 0.5) is 0 Å². The Hall–Kier alpha value is -1.55. The number of aliphatic hydroxyl groups excluding tert-OH is 3. The zero-order chi connectivity index (χ0) is 14.5. The third-order valence-corrected chi connectivity index (χ3v) is 3.87. The minimum atomic E-state index is -1.18. The summed E-state index contributed by atoms with van der Waals surface area (Å²) >= 11 is 0. The number of hydrogen-bond acceptors (Lipinski definition) is 9. The summed E-state index contributed by atoms with van der Waals surface area (Å²) < 4.78 is 5.47. The Kier molecular flexibility index (Phi) is 3.01. The summed E-state index contributed by atoms with van der Waals surface area (Å²) in [6.45, 7) is 1.57. The lowest BCUT2D eigenvalue weighted by Gasteiger charge is -2.32. The summed E-state index contributed by atoms with van der Waals surface area (Å²) in [5.41, 5.74) is 5.00. The maximum Gasteiger partial charge on any atom is 0.173 e. The molecule has 3 rings (SSSR count). The molecule has 1 fully saturated rings. The molecule has 1 unspecified atom stereocenters. The van der Waals surface area contributed by atoms with Gasteiger partial charge < -0.3 is 25.8 Å². The third-order valence-electron chi connectivity index (χ3n) is 3.87. The van der Waals surface area contributed by atoms with Gasteiger partial charge in [-0.3, -0.25) is 9.89 Å². The molecule has 3 aliphatic heterocycles. The van der Waals surface area contributed by atoms with Gasteiger partial charge in [0, 0.05) is 0 Å². The van der Waals surface area contributed by atoms with Crippen LogP contribution in [-0.4, -0.2) is 81.6 Å². The van der Waals surface area contributed by atoms with Crippen molar-refractivity contribution < 1.29 is 20.1 Å². The molecule has 5 atom stereocenters. The van der Waals surface area contributed by atoms with Gasteiger partial charge in [0.1, 0.15) is 36.7 Å². The first-order valence-corrected chi connectivity index (χ1v) is 6.30. The summed E-state index contributed by atoms with van der Waals surface area (Å²) in [5, 5.41) is 29.0. The summed E-state index contributed by atoms with van der Waals surface area (Å²) in [6, 6.07) is 0. The highest BCUT2D eigenvalue weighted by Crippen LogP contribution is 2.31. The number of amidine groups is 2. The van der Waals surface area contributed by atoms with Crippen molar-refractivity contribution in [3.8, 4) is 0 Å². The van der Waals surface area contributed by atoms with Crippen LogP contribution < -0.4 is 5.73 Å². The molecule has 1 saturated heterocycles. The first-order valence-electron chi connectivity index (χ1n) is 6.30. The molecule has 0 radical (unpaired) electrons. The monoisotopic (exact) mass is 283 g/mol. The minimum absolute atomic E-state index is 0.186. The first-order chi connectivity index (χ1) is 9.49. The van der Waals surface area contributed by atoms with Crippen LogP contribution in [0.25, 0.3) is 0 Å². The van der Waals surface area contributed by atoms with Crippen LogP contribution in [0.2, 0.25) is 0 Å². The van der Waals surface area contributed by atoms with E-state index >= 15 is 0 Å². The largest absolute Gasteiger partial charge is 0.394 e. The number of hydrogen-bond donors (Lipinski definition) is 4. The van der Waals surface area contributed by atoms with E-state index in [-0.39, 0.29) is 13.3 Å². The van der Waals surface area contributed by atoms with Crippen molar-refractivity contribution in [3.05, 3.63) is 0 Å². The molecule has 0 aromatic carbocycles. The second kappa shape index (κ2) is 4.48. The Morgan fingerprint density at radius 2 is 2.20 bits per heavy atom. The van der Waals surface area contributed by atoms with Crippen LogP contribution in [0.3, 0.4) is 0 Å². The lowest BCUT2D eigenvalue weighted by Crippen LogP contribution is -2.55. The average Bonchev–Trinajstić information content (AvgIpc) is 2.91. The number of nitrogens with zero attached hydrogens (tertiary/aromatic N) is 4. The van der Waals surface area contributed by atoms with Crippen molar-refractivity contribution in [1.82, 2.24) is 4.90 Å². The van der Waals surface area contributed by atoms with Gasteiger partial charge in [0.25, 0.3) is 0 Å². The van der Waals surface area contributed by atoms with E-state index in [4.69, 9.17) is 15.6 Å². The summed E-state index contributed by atoms with van der Waals surface area (Å²) in [5.74, 6) is 0.854. The number of ether oxygens (including phenoxy) is 1. The predicted octanol–water partition coefficient (Wildman–Crippen LogP) is -2.75. The molecule has 0 aliphatic carbocycles. The van der Waals surface area contributed by atoms with Crippen molar-refractivity contribution in [1.29, 1.82) is 0 Å².